The largest absolute Gasteiger partial charge is 0.348 e. The minimum absolute atomic E-state index is 0. The van der Waals surface area contributed by atoms with E-state index in [1.54, 1.807) is 0 Å². The first-order valence-electron chi connectivity index (χ1n) is 6.72. The Balaban J connectivity index is 0.00000180. The Morgan fingerprint density at radius 2 is 1.95 bits per heavy atom. The van der Waals surface area contributed by atoms with Gasteiger partial charge in [-0.2, -0.15) is 0 Å². The third-order valence-corrected chi connectivity index (χ3v) is 3.37. The van der Waals surface area contributed by atoms with Crippen molar-refractivity contribution in [1.29, 1.82) is 0 Å². The molecule has 1 aromatic rings. The topological polar surface area (TPSA) is 41.1 Å². The zero-order valence-corrected chi connectivity index (χ0v) is 12.4. The fourth-order valence-electron chi connectivity index (χ4n) is 1.94. The summed E-state index contributed by atoms with van der Waals surface area (Å²) in [6.45, 7) is 5.48. The van der Waals surface area contributed by atoms with Crippen molar-refractivity contribution >= 4 is 18.3 Å². The van der Waals surface area contributed by atoms with Crippen LogP contribution in [0.2, 0.25) is 0 Å². The van der Waals surface area contributed by atoms with E-state index in [1.165, 1.54) is 18.4 Å². The van der Waals surface area contributed by atoms with E-state index in [-0.39, 0.29) is 24.4 Å². The van der Waals surface area contributed by atoms with Crippen LogP contribution < -0.4 is 10.6 Å². The number of carbonyl (C=O) groups is 1. The molecule has 1 aromatic carbocycles. The number of carbonyl (C=O) groups excluding carboxylic acids is 1. The maximum atomic E-state index is 11.7. The van der Waals surface area contributed by atoms with Gasteiger partial charge in [-0.05, 0) is 44.7 Å². The molecule has 0 aromatic heterocycles. The maximum Gasteiger partial charge on any atom is 0.234 e. The average molecular weight is 283 g/mol. The number of hydrogen-bond donors (Lipinski definition) is 2. The third kappa shape index (κ3) is 5.62. The summed E-state index contributed by atoms with van der Waals surface area (Å²) >= 11 is 0. The zero-order valence-electron chi connectivity index (χ0n) is 11.6. The fourth-order valence-corrected chi connectivity index (χ4v) is 1.94. The summed E-state index contributed by atoms with van der Waals surface area (Å²) in [5, 5.41) is 6.21. The molecular formula is C15H23ClN2O. The lowest BCUT2D eigenvalue weighted by Crippen LogP contribution is -2.36. The molecule has 1 aliphatic carbocycles. The highest BCUT2D eigenvalue weighted by Gasteiger charge is 2.20. The van der Waals surface area contributed by atoms with Crippen molar-refractivity contribution in [1.82, 2.24) is 10.6 Å². The molecule has 0 spiro atoms. The quantitative estimate of drug-likeness (QED) is 0.842. The summed E-state index contributed by atoms with van der Waals surface area (Å²) in [5.41, 5.74) is 2.39. The molecule has 0 radical (unpaired) electrons. The Kier molecular flexibility index (Phi) is 6.32. The predicted molar refractivity (Wildman–Crippen MR) is 80.6 cm³/mol. The minimum atomic E-state index is 0. The zero-order chi connectivity index (χ0) is 13.0. The lowest BCUT2D eigenvalue weighted by molar-refractivity contribution is -0.120. The van der Waals surface area contributed by atoms with E-state index in [9.17, 15) is 4.79 Å². The highest BCUT2D eigenvalue weighted by Crippen LogP contribution is 2.27. The van der Waals surface area contributed by atoms with Gasteiger partial charge >= 0.3 is 0 Å². The van der Waals surface area contributed by atoms with Crippen molar-refractivity contribution in [2.75, 3.05) is 13.1 Å². The molecule has 0 saturated heterocycles. The van der Waals surface area contributed by atoms with Crippen LogP contribution in [0.5, 0.6) is 0 Å². The van der Waals surface area contributed by atoms with E-state index >= 15 is 0 Å². The second kappa shape index (κ2) is 7.51. The van der Waals surface area contributed by atoms with Gasteiger partial charge in [-0.25, -0.2) is 0 Å². The monoisotopic (exact) mass is 282 g/mol. The molecule has 1 unspecified atom stereocenters. The van der Waals surface area contributed by atoms with Crippen molar-refractivity contribution in [3.8, 4) is 0 Å². The molecule has 19 heavy (non-hydrogen) atoms. The summed E-state index contributed by atoms with van der Waals surface area (Å²) < 4.78 is 0. The highest BCUT2D eigenvalue weighted by molar-refractivity contribution is 5.85. The van der Waals surface area contributed by atoms with Gasteiger partial charge in [0.2, 0.25) is 5.91 Å². The first-order chi connectivity index (χ1) is 8.65. The number of halogens is 1. The highest BCUT2D eigenvalue weighted by atomic mass is 35.5. The van der Waals surface area contributed by atoms with Crippen LogP contribution in [0.25, 0.3) is 0 Å². The van der Waals surface area contributed by atoms with E-state index in [2.05, 4.69) is 41.8 Å². The molecule has 1 atom stereocenters. The lowest BCUT2D eigenvalue weighted by atomic mass is 10.1. The number of hydrogen-bond acceptors (Lipinski definition) is 2. The SMILES string of the molecule is Cc1ccc(C(C)NC(=O)CNCC2CC2)cc1.Cl. The summed E-state index contributed by atoms with van der Waals surface area (Å²) in [6.07, 6.45) is 2.63. The van der Waals surface area contributed by atoms with Crippen LogP contribution in [-0.4, -0.2) is 19.0 Å². The number of amides is 1. The van der Waals surface area contributed by atoms with Gasteiger partial charge in [0.1, 0.15) is 0 Å². The van der Waals surface area contributed by atoms with Crippen molar-refractivity contribution in [2.45, 2.75) is 32.7 Å². The smallest absolute Gasteiger partial charge is 0.234 e. The van der Waals surface area contributed by atoms with E-state index in [0.717, 1.165) is 18.0 Å². The minimum Gasteiger partial charge on any atom is -0.348 e. The van der Waals surface area contributed by atoms with Crippen LogP contribution in [0.15, 0.2) is 24.3 Å². The van der Waals surface area contributed by atoms with Crippen molar-refractivity contribution < 1.29 is 4.79 Å². The van der Waals surface area contributed by atoms with E-state index in [0.29, 0.717) is 6.54 Å². The van der Waals surface area contributed by atoms with Gasteiger partial charge in [0.15, 0.2) is 0 Å². The summed E-state index contributed by atoms with van der Waals surface area (Å²) in [5.74, 6) is 0.885. The molecule has 2 N–H and O–H groups in total. The molecule has 1 fully saturated rings. The number of aryl methyl sites for hydroxylation is 1. The molecular weight excluding hydrogens is 260 g/mol. The van der Waals surface area contributed by atoms with Gasteiger partial charge in [-0.3, -0.25) is 4.79 Å². The van der Waals surface area contributed by atoms with Crippen LogP contribution in [-0.2, 0) is 4.79 Å². The van der Waals surface area contributed by atoms with Gasteiger partial charge in [0.25, 0.3) is 0 Å². The van der Waals surface area contributed by atoms with Gasteiger partial charge in [-0.15, -0.1) is 12.4 Å². The molecule has 4 heteroatoms. The maximum absolute atomic E-state index is 11.7. The van der Waals surface area contributed by atoms with Crippen molar-refractivity contribution in [2.24, 2.45) is 5.92 Å². The van der Waals surface area contributed by atoms with Crippen LogP contribution in [0.1, 0.15) is 36.9 Å². The molecule has 3 nitrogen and oxygen atoms in total. The molecule has 2 rings (SSSR count). The first kappa shape index (κ1) is 16.0. The van der Waals surface area contributed by atoms with Crippen LogP contribution >= 0.6 is 12.4 Å². The van der Waals surface area contributed by atoms with Crippen molar-refractivity contribution in [3.63, 3.8) is 0 Å². The number of rotatable bonds is 6. The van der Waals surface area contributed by atoms with Crippen LogP contribution in [0.3, 0.4) is 0 Å². The number of benzene rings is 1. The van der Waals surface area contributed by atoms with E-state index < -0.39 is 0 Å². The molecule has 0 bridgehead atoms. The Hall–Kier alpha value is -1.06. The molecule has 106 valence electrons. The Bertz CT molecular complexity index is 401. The fraction of sp³-hybridized carbons (Fsp3) is 0.533. The second-order valence-corrected chi connectivity index (χ2v) is 5.27. The molecule has 1 saturated carbocycles. The summed E-state index contributed by atoms with van der Waals surface area (Å²) in [7, 11) is 0. The van der Waals surface area contributed by atoms with Crippen molar-refractivity contribution in [3.05, 3.63) is 35.4 Å². The Labute approximate surface area is 121 Å². The standard InChI is InChI=1S/C15H22N2O.ClH/c1-11-3-7-14(8-4-11)12(2)17-15(18)10-16-9-13-5-6-13;/h3-4,7-8,12-13,16H,5-6,9-10H2,1-2H3,(H,17,18);1H. The average Bonchev–Trinajstić information content (AvgIpc) is 3.13. The normalized spacial score (nSPS) is 15.5. The second-order valence-electron chi connectivity index (χ2n) is 5.27. The molecule has 0 heterocycles. The van der Waals surface area contributed by atoms with E-state index in [4.69, 9.17) is 0 Å². The van der Waals surface area contributed by atoms with Crippen LogP contribution in [0.4, 0.5) is 0 Å². The third-order valence-electron chi connectivity index (χ3n) is 3.37. The first-order valence-corrected chi connectivity index (χ1v) is 6.72. The van der Waals surface area contributed by atoms with Crippen LogP contribution in [0, 0.1) is 12.8 Å². The summed E-state index contributed by atoms with van der Waals surface area (Å²) in [6, 6.07) is 8.35. The predicted octanol–water partition coefficient (Wildman–Crippen LogP) is 2.59. The lowest BCUT2D eigenvalue weighted by Gasteiger charge is -2.15. The molecule has 1 amide bonds. The Morgan fingerprint density at radius 3 is 2.53 bits per heavy atom. The molecule has 0 aliphatic heterocycles. The van der Waals surface area contributed by atoms with Gasteiger partial charge < -0.3 is 10.6 Å². The van der Waals surface area contributed by atoms with Gasteiger partial charge in [0.05, 0.1) is 12.6 Å². The van der Waals surface area contributed by atoms with Gasteiger partial charge in [-0.1, -0.05) is 29.8 Å². The van der Waals surface area contributed by atoms with E-state index in [1.807, 2.05) is 6.92 Å². The van der Waals surface area contributed by atoms with Gasteiger partial charge in [0, 0.05) is 0 Å². The Morgan fingerprint density at radius 1 is 1.32 bits per heavy atom. The summed E-state index contributed by atoms with van der Waals surface area (Å²) in [4.78, 5) is 11.7. The number of nitrogens with one attached hydrogen (secondary N) is 2. The molecule has 1 aliphatic rings.